The minimum absolute atomic E-state index is 0.0926. The van der Waals surface area contributed by atoms with Gasteiger partial charge in [0.2, 0.25) is 5.91 Å². The molecule has 1 aromatic heterocycles. The van der Waals surface area contributed by atoms with Crippen LogP contribution in [0.5, 0.6) is 0 Å². The Kier molecular flexibility index (Phi) is 7.53. The second kappa shape index (κ2) is 10.3. The van der Waals surface area contributed by atoms with Crippen LogP contribution in [0.1, 0.15) is 18.5 Å². The summed E-state index contributed by atoms with van der Waals surface area (Å²) in [5.41, 5.74) is 0.639. The van der Waals surface area contributed by atoms with Crippen molar-refractivity contribution >= 4 is 17.5 Å². The first-order valence-corrected chi connectivity index (χ1v) is 9.78. The van der Waals surface area contributed by atoms with Crippen molar-refractivity contribution in [2.24, 2.45) is 0 Å². The lowest BCUT2D eigenvalue weighted by atomic mass is 10.2. The zero-order valence-electron chi connectivity index (χ0n) is 15.6. The molecule has 0 radical (unpaired) electrons. The standard InChI is InChI=1S/C19H24ClN5O3/c20-15-4-2-14(3-5-15)18-22-19(27)16(23-24-18)6-7-17(26)21-8-1-9-25-10-12-28-13-11-25/h2-5H,1,6-13H2,(H,21,26)(H,22,24,27). The molecule has 28 heavy (non-hydrogen) atoms. The van der Waals surface area contributed by atoms with E-state index in [0.29, 0.717) is 17.4 Å². The number of hydrogen-bond acceptors (Lipinski definition) is 6. The lowest BCUT2D eigenvalue weighted by Crippen LogP contribution is -2.38. The Labute approximate surface area is 168 Å². The molecule has 0 bridgehead atoms. The number of H-pyrrole nitrogens is 1. The molecule has 1 amide bonds. The van der Waals surface area contributed by atoms with Crippen molar-refractivity contribution in [2.45, 2.75) is 19.3 Å². The Morgan fingerprint density at radius 2 is 1.96 bits per heavy atom. The first-order chi connectivity index (χ1) is 13.6. The number of carbonyl (C=O) groups excluding carboxylic acids is 1. The second-order valence-electron chi connectivity index (χ2n) is 6.61. The largest absolute Gasteiger partial charge is 0.379 e. The summed E-state index contributed by atoms with van der Waals surface area (Å²) in [6.07, 6.45) is 1.34. The highest BCUT2D eigenvalue weighted by Gasteiger charge is 2.11. The lowest BCUT2D eigenvalue weighted by molar-refractivity contribution is -0.121. The molecule has 8 nitrogen and oxygen atoms in total. The second-order valence-corrected chi connectivity index (χ2v) is 7.05. The van der Waals surface area contributed by atoms with E-state index in [0.717, 1.165) is 44.8 Å². The van der Waals surface area contributed by atoms with Crippen LogP contribution in [-0.2, 0) is 16.0 Å². The first kappa shape index (κ1) is 20.4. The van der Waals surface area contributed by atoms with Crippen molar-refractivity contribution in [3.8, 4) is 11.4 Å². The Morgan fingerprint density at radius 3 is 2.68 bits per heavy atom. The third-order valence-corrected chi connectivity index (χ3v) is 4.80. The van der Waals surface area contributed by atoms with E-state index in [1.165, 1.54) is 0 Å². The predicted molar refractivity (Wildman–Crippen MR) is 106 cm³/mol. The molecule has 1 aromatic carbocycles. The molecular formula is C19H24ClN5O3. The van der Waals surface area contributed by atoms with E-state index in [-0.39, 0.29) is 30.0 Å². The van der Waals surface area contributed by atoms with Crippen molar-refractivity contribution in [3.63, 3.8) is 0 Å². The van der Waals surface area contributed by atoms with Crippen LogP contribution < -0.4 is 10.9 Å². The minimum Gasteiger partial charge on any atom is -0.379 e. The van der Waals surface area contributed by atoms with Gasteiger partial charge in [0, 0.05) is 43.1 Å². The number of hydrogen-bond donors (Lipinski definition) is 2. The fourth-order valence-corrected chi connectivity index (χ4v) is 3.06. The summed E-state index contributed by atoms with van der Waals surface area (Å²) in [6.45, 7) is 5.01. The van der Waals surface area contributed by atoms with E-state index in [2.05, 4.69) is 25.4 Å². The third kappa shape index (κ3) is 6.12. The van der Waals surface area contributed by atoms with Crippen LogP contribution in [0, 0.1) is 0 Å². The van der Waals surface area contributed by atoms with E-state index in [1.54, 1.807) is 24.3 Å². The average Bonchev–Trinajstić information content (AvgIpc) is 2.71. The SMILES string of the molecule is O=C(CCc1nnc(-c2ccc(Cl)cc2)[nH]c1=O)NCCCN1CCOCC1. The van der Waals surface area contributed by atoms with Crippen molar-refractivity contribution in [3.05, 3.63) is 45.3 Å². The number of rotatable bonds is 8. The van der Waals surface area contributed by atoms with E-state index in [1.807, 2.05) is 0 Å². The summed E-state index contributed by atoms with van der Waals surface area (Å²) in [5, 5.41) is 11.5. The van der Waals surface area contributed by atoms with Crippen molar-refractivity contribution in [1.82, 2.24) is 25.4 Å². The van der Waals surface area contributed by atoms with Gasteiger partial charge in [-0.15, -0.1) is 10.2 Å². The zero-order valence-corrected chi connectivity index (χ0v) is 16.4. The average molecular weight is 406 g/mol. The summed E-state index contributed by atoms with van der Waals surface area (Å²) in [5.74, 6) is 0.280. The number of aryl methyl sites for hydroxylation is 1. The van der Waals surface area contributed by atoms with Gasteiger partial charge in [0.05, 0.1) is 13.2 Å². The van der Waals surface area contributed by atoms with E-state index < -0.39 is 0 Å². The van der Waals surface area contributed by atoms with Gasteiger partial charge in [-0.2, -0.15) is 0 Å². The molecule has 1 saturated heterocycles. The molecular weight excluding hydrogens is 382 g/mol. The zero-order chi connectivity index (χ0) is 19.8. The number of amides is 1. The molecule has 1 aliphatic rings. The Hall–Kier alpha value is -2.29. The summed E-state index contributed by atoms with van der Waals surface area (Å²) >= 11 is 5.86. The molecule has 2 heterocycles. The smallest absolute Gasteiger partial charge is 0.273 e. The highest BCUT2D eigenvalue weighted by atomic mass is 35.5. The van der Waals surface area contributed by atoms with Gasteiger partial charge in [-0.1, -0.05) is 11.6 Å². The van der Waals surface area contributed by atoms with Gasteiger partial charge in [-0.3, -0.25) is 14.5 Å². The Morgan fingerprint density at radius 1 is 1.21 bits per heavy atom. The Bertz CT molecular complexity index is 834. The molecule has 2 N–H and O–H groups in total. The van der Waals surface area contributed by atoms with Gasteiger partial charge in [-0.25, -0.2) is 0 Å². The summed E-state index contributed by atoms with van der Waals surface area (Å²) in [6, 6.07) is 6.95. The molecule has 0 aliphatic carbocycles. The molecule has 0 atom stereocenters. The predicted octanol–water partition coefficient (Wildman–Crippen LogP) is 1.26. The maximum absolute atomic E-state index is 12.2. The molecule has 3 rings (SSSR count). The fraction of sp³-hybridized carbons (Fsp3) is 0.474. The molecule has 0 unspecified atom stereocenters. The first-order valence-electron chi connectivity index (χ1n) is 9.40. The number of ether oxygens (including phenoxy) is 1. The van der Waals surface area contributed by atoms with Crippen molar-refractivity contribution < 1.29 is 9.53 Å². The maximum Gasteiger partial charge on any atom is 0.273 e. The van der Waals surface area contributed by atoms with E-state index >= 15 is 0 Å². The van der Waals surface area contributed by atoms with Gasteiger partial charge in [-0.05, 0) is 37.2 Å². The van der Waals surface area contributed by atoms with Gasteiger partial charge < -0.3 is 15.0 Å². The number of carbonyl (C=O) groups is 1. The van der Waals surface area contributed by atoms with Crippen molar-refractivity contribution in [2.75, 3.05) is 39.4 Å². The molecule has 1 aliphatic heterocycles. The minimum atomic E-state index is -0.333. The van der Waals surface area contributed by atoms with Gasteiger partial charge in [0.15, 0.2) is 5.82 Å². The number of halogens is 1. The molecule has 9 heteroatoms. The molecule has 0 saturated carbocycles. The van der Waals surface area contributed by atoms with Gasteiger partial charge in [0.1, 0.15) is 5.69 Å². The van der Waals surface area contributed by atoms with Crippen LogP contribution in [0.3, 0.4) is 0 Å². The molecule has 2 aromatic rings. The van der Waals surface area contributed by atoms with E-state index in [4.69, 9.17) is 16.3 Å². The van der Waals surface area contributed by atoms with Gasteiger partial charge in [0.25, 0.3) is 5.56 Å². The molecule has 0 spiro atoms. The monoisotopic (exact) mass is 405 g/mol. The number of benzene rings is 1. The van der Waals surface area contributed by atoms with Crippen LogP contribution >= 0.6 is 11.6 Å². The number of aromatic nitrogens is 3. The third-order valence-electron chi connectivity index (χ3n) is 4.55. The number of nitrogens with zero attached hydrogens (tertiary/aromatic N) is 3. The fourth-order valence-electron chi connectivity index (χ4n) is 2.94. The Balaban J connectivity index is 1.41. The van der Waals surface area contributed by atoms with Crippen LogP contribution in [0.15, 0.2) is 29.1 Å². The topological polar surface area (TPSA) is 100 Å². The van der Waals surface area contributed by atoms with Crippen LogP contribution in [0.4, 0.5) is 0 Å². The van der Waals surface area contributed by atoms with Crippen molar-refractivity contribution in [1.29, 1.82) is 0 Å². The maximum atomic E-state index is 12.2. The van der Waals surface area contributed by atoms with E-state index in [9.17, 15) is 9.59 Å². The van der Waals surface area contributed by atoms with Crippen LogP contribution in [0.2, 0.25) is 5.02 Å². The number of aromatic amines is 1. The summed E-state index contributed by atoms with van der Waals surface area (Å²) in [7, 11) is 0. The normalized spacial score (nSPS) is 14.8. The highest BCUT2D eigenvalue weighted by molar-refractivity contribution is 6.30. The van der Waals surface area contributed by atoms with Crippen LogP contribution in [-0.4, -0.2) is 65.4 Å². The molecule has 1 fully saturated rings. The quantitative estimate of drug-likeness (QED) is 0.641. The summed E-state index contributed by atoms with van der Waals surface area (Å²) in [4.78, 5) is 29.2. The number of nitrogens with one attached hydrogen (secondary N) is 2. The van der Waals surface area contributed by atoms with Gasteiger partial charge >= 0.3 is 0 Å². The van der Waals surface area contributed by atoms with Crippen LogP contribution in [0.25, 0.3) is 11.4 Å². The molecule has 150 valence electrons. The summed E-state index contributed by atoms with van der Waals surface area (Å²) < 4.78 is 5.31. The number of morpholine rings is 1. The lowest BCUT2D eigenvalue weighted by Gasteiger charge is -2.26. The highest BCUT2D eigenvalue weighted by Crippen LogP contribution is 2.16.